The first kappa shape index (κ1) is 11.2. The van der Waals surface area contributed by atoms with Gasteiger partial charge in [0.2, 0.25) is 0 Å². The van der Waals surface area contributed by atoms with E-state index in [1.807, 2.05) is 22.7 Å². The second-order valence-electron chi connectivity index (χ2n) is 4.76. The van der Waals surface area contributed by atoms with Crippen molar-refractivity contribution in [3.63, 3.8) is 0 Å². The van der Waals surface area contributed by atoms with E-state index in [-0.39, 0.29) is 0 Å². The number of hydrogen-bond acceptors (Lipinski definition) is 2. The van der Waals surface area contributed by atoms with Gasteiger partial charge in [-0.1, -0.05) is 24.3 Å². The highest BCUT2D eigenvalue weighted by molar-refractivity contribution is 7.26. The third-order valence-corrected chi connectivity index (χ3v) is 5.66. The maximum absolute atomic E-state index is 2.32. The van der Waals surface area contributed by atoms with Crippen LogP contribution in [0.15, 0.2) is 54.6 Å². The van der Waals surface area contributed by atoms with E-state index in [2.05, 4.69) is 61.5 Å². The molecule has 0 aliphatic heterocycles. The average molecular weight is 280 g/mol. The molecule has 19 heavy (non-hydrogen) atoms. The standard InChI is InChI=1S/C17H12S2/c1-11-6-7-15(18-11)17-10-14-8-12-4-2-3-5-13(12)9-16(14)19-17/h2-10H,1H3. The Labute approximate surface area is 119 Å². The van der Waals surface area contributed by atoms with Crippen LogP contribution in [-0.4, -0.2) is 0 Å². The van der Waals surface area contributed by atoms with Crippen LogP contribution in [0.1, 0.15) is 4.88 Å². The number of rotatable bonds is 1. The quantitative estimate of drug-likeness (QED) is 0.395. The summed E-state index contributed by atoms with van der Waals surface area (Å²) in [6, 6.07) is 19.9. The van der Waals surface area contributed by atoms with E-state index in [1.165, 1.54) is 35.5 Å². The van der Waals surface area contributed by atoms with E-state index in [4.69, 9.17) is 0 Å². The zero-order valence-corrected chi connectivity index (χ0v) is 12.1. The summed E-state index contributed by atoms with van der Waals surface area (Å²) in [5, 5.41) is 4.00. The van der Waals surface area contributed by atoms with Crippen molar-refractivity contribution in [3.05, 3.63) is 59.5 Å². The first-order chi connectivity index (χ1) is 9.29. The molecular formula is C17H12S2. The molecule has 4 rings (SSSR count). The molecule has 92 valence electrons. The molecule has 2 aromatic heterocycles. The molecule has 0 unspecified atom stereocenters. The predicted octanol–water partition coefficient (Wildman–Crippen LogP) is 6.09. The zero-order valence-electron chi connectivity index (χ0n) is 10.5. The van der Waals surface area contributed by atoms with Crippen molar-refractivity contribution in [1.82, 2.24) is 0 Å². The van der Waals surface area contributed by atoms with Gasteiger partial charge in [0.15, 0.2) is 0 Å². The Balaban J connectivity index is 1.97. The van der Waals surface area contributed by atoms with Gasteiger partial charge in [0, 0.05) is 19.3 Å². The molecule has 0 N–H and O–H groups in total. The van der Waals surface area contributed by atoms with Crippen molar-refractivity contribution in [2.24, 2.45) is 0 Å². The number of fused-ring (bicyclic) bond motifs is 2. The normalized spacial score (nSPS) is 11.4. The van der Waals surface area contributed by atoms with Crippen LogP contribution in [0, 0.1) is 6.92 Å². The lowest BCUT2D eigenvalue weighted by atomic mass is 10.1. The van der Waals surface area contributed by atoms with Gasteiger partial charge in [-0.25, -0.2) is 0 Å². The SMILES string of the molecule is Cc1ccc(-c2cc3cc4ccccc4cc3s2)s1. The van der Waals surface area contributed by atoms with Crippen molar-refractivity contribution in [3.8, 4) is 9.75 Å². The maximum atomic E-state index is 2.32. The number of thiophene rings is 2. The minimum absolute atomic E-state index is 1.32. The highest BCUT2D eigenvalue weighted by Gasteiger charge is 2.07. The summed E-state index contributed by atoms with van der Waals surface area (Å²) in [7, 11) is 0. The Hall–Kier alpha value is -1.64. The number of aryl methyl sites for hydroxylation is 1. The third kappa shape index (κ3) is 1.88. The molecule has 0 aliphatic rings. The Morgan fingerprint density at radius 1 is 0.684 bits per heavy atom. The van der Waals surface area contributed by atoms with Gasteiger partial charge >= 0.3 is 0 Å². The molecule has 0 bridgehead atoms. The summed E-state index contributed by atoms with van der Waals surface area (Å²) in [5.74, 6) is 0. The molecule has 0 atom stereocenters. The molecule has 0 saturated heterocycles. The van der Waals surface area contributed by atoms with Crippen molar-refractivity contribution >= 4 is 43.5 Å². The van der Waals surface area contributed by atoms with E-state index in [0.717, 1.165) is 0 Å². The summed E-state index contributed by atoms with van der Waals surface area (Å²) in [6.07, 6.45) is 0. The lowest BCUT2D eigenvalue weighted by Gasteiger charge is -1.96. The highest BCUT2D eigenvalue weighted by atomic mass is 32.1. The van der Waals surface area contributed by atoms with Gasteiger partial charge in [-0.2, -0.15) is 0 Å². The van der Waals surface area contributed by atoms with E-state index >= 15 is 0 Å². The highest BCUT2D eigenvalue weighted by Crippen LogP contribution is 2.38. The minimum atomic E-state index is 1.32. The van der Waals surface area contributed by atoms with E-state index in [0.29, 0.717) is 0 Å². The molecule has 0 aliphatic carbocycles. The van der Waals surface area contributed by atoms with Gasteiger partial charge in [0.05, 0.1) is 0 Å². The van der Waals surface area contributed by atoms with Crippen LogP contribution in [0.5, 0.6) is 0 Å². The number of benzene rings is 2. The van der Waals surface area contributed by atoms with E-state index in [9.17, 15) is 0 Å². The van der Waals surface area contributed by atoms with Gasteiger partial charge in [0.1, 0.15) is 0 Å². The minimum Gasteiger partial charge on any atom is -0.140 e. The van der Waals surface area contributed by atoms with Crippen LogP contribution in [0.4, 0.5) is 0 Å². The second-order valence-corrected chi connectivity index (χ2v) is 7.13. The largest absolute Gasteiger partial charge is 0.140 e. The molecule has 2 aromatic carbocycles. The summed E-state index contributed by atoms with van der Waals surface area (Å²) in [5.41, 5.74) is 0. The number of hydrogen-bond donors (Lipinski definition) is 0. The van der Waals surface area contributed by atoms with Gasteiger partial charge in [-0.15, -0.1) is 22.7 Å². The van der Waals surface area contributed by atoms with Crippen molar-refractivity contribution < 1.29 is 0 Å². The van der Waals surface area contributed by atoms with Crippen LogP contribution in [0.25, 0.3) is 30.6 Å². The lowest BCUT2D eigenvalue weighted by Crippen LogP contribution is -1.70. The van der Waals surface area contributed by atoms with Crippen LogP contribution in [0.3, 0.4) is 0 Å². The van der Waals surface area contributed by atoms with Crippen LogP contribution < -0.4 is 0 Å². The molecular weight excluding hydrogens is 268 g/mol. The van der Waals surface area contributed by atoms with Gasteiger partial charge in [-0.05, 0) is 53.4 Å². The topological polar surface area (TPSA) is 0 Å². The summed E-state index contributed by atoms with van der Waals surface area (Å²) < 4.78 is 1.37. The molecule has 2 heteroatoms. The Morgan fingerprint density at radius 2 is 1.47 bits per heavy atom. The molecule has 2 heterocycles. The fourth-order valence-corrected chi connectivity index (χ4v) is 4.46. The van der Waals surface area contributed by atoms with Crippen molar-refractivity contribution in [2.75, 3.05) is 0 Å². The van der Waals surface area contributed by atoms with Crippen molar-refractivity contribution in [2.45, 2.75) is 6.92 Å². The van der Waals surface area contributed by atoms with Gasteiger partial charge < -0.3 is 0 Å². The summed E-state index contributed by atoms with van der Waals surface area (Å²) in [4.78, 5) is 4.13. The summed E-state index contributed by atoms with van der Waals surface area (Å²) >= 11 is 3.76. The first-order valence-electron chi connectivity index (χ1n) is 6.29. The zero-order chi connectivity index (χ0) is 12.8. The maximum Gasteiger partial charge on any atom is 0.0455 e. The van der Waals surface area contributed by atoms with Crippen LogP contribution in [-0.2, 0) is 0 Å². The molecule has 0 saturated carbocycles. The second kappa shape index (κ2) is 4.19. The monoisotopic (exact) mass is 280 g/mol. The smallest absolute Gasteiger partial charge is 0.0455 e. The summed E-state index contributed by atoms with van der Waals surface area (Å²) in [6.45, 7) is 2.16. The fourth-order valence-electron chi connectivity index (χ4n) is 2.42. The molecule has 4 aromatic rings. The Kier molecular flexibility index (Phi) is 2.47. The first-order valence-corrected chi connectivity index (χ1v) is 7.92. The van der Waals surface area contributed by atoms with E-state index < -0.39 is 0 Å². The third-order valence-electron chi connectivity index (χ3n) is 3.37. The van der Waals surface area contributed by atoms with Gasteiger partial charge in [0.25, 0.3) is 0 Å². The van der Waals surface area contributed by atoms with Crippen molar-refractivity contribution in [1.29, 1.82) is 0 Å². The Morgan fingerprint density at radius 3 is 2.21 bits per heavy atom. The van der Waals surface area contributed by atoms with Crippen LogP contribution in [0.2, 0.25) is 0 Å². The molecule has 0 amide bonds. The average Bonchev–Trinajstić information content (AvgIpc) is 3.01. The lowest BCUT2D eigenvalue weighted by molar-refractivity contribution is 1.64. The molecule has 0 fully saturated rings. The molecule has 0 spiro atoms. The predicted molar refractivity (Wildman–Crippen MR) is 87.4 cm³/mol. The fraction of sp³-hybridized carbons (Fsp3) is 0.0588. The van der Waals surface area contributed by atoms with Crippen LogP contribution >= 0.6 is 22.7 Å². The van der Waals surface area contributed by atoms with E-state index in [1.54, 1.807) is 0 Å². The Bertz CT molecular complexity index is 828. The van der Waals surface area contributed by atoms with Gasteiger partial charge in [-0.3, -0.25) is 0 Å². The molecule has 0 nitrogen and oxygen atoms in total. The molecule has 0 radical (unpaired) electrons.